The van der Waals surface area contributed by atoms with Crippen molar-refractivity contribution >= 4 is 0 Å². The van der Waals surface area contributed by atoms with E-state index >= 15 is 0 Å². The SMILES string of the molecule is [CH2]C(N)(CO)CCc1ccc(CCCCCCCC)cc1. The highest BCUT2D eigenvalue weighted by Gasteiger charge is 2.16. The van der Waals surface area contributed by atoms with E-state index in [2.05, 4.69) is 38.1 Å². The van der Waals surface area contributed by atoms with Crippen molar-refractivity contribution in [1.29, 1.82) is 0 Å². The molecule has 1 rings (SSSR count). The van der Waals surface area contributed by atoms with Crippen LogP contribution in [0.25, 0.3) is 0 Å². The van der Waals surface area contributed by atoms with E-state index in [1.165, 1.54) is 56.1 Å². The molecule has 0 fully saturated rings. The van der Waals surface area contributed by atoms with Crippen LogP contribution in [0.2, 0.25) is 0 Å². The molecule has 1 radical (unpaired) electrons. The normalized spacial score (nSPS) is 14.1. The number of hydrogen-bond donors (Lipinski definition) is 2. The molecular weight excluding hydrogens is 258 g/mol. The third-order valence-corrected chi connectivity index (χ3v) is 4.07. The lowest BCUT2D eigenvalue weighted by Gasteiger charge is -2.21. The van der Waals surface area contributed by atoms with Crippen molar-refractivity contribution in [2.45, 2.75) is 70.3 Å². The predicted octanol–water partition coefficient (Wildman–Crippen LogP) is 4.05. The topological polar surface area (TPSA) is 46.2 Å². The molecule has 1 unspecified atom stereocenters. The maximum absolute atomic E-state index is 9.10. The second-order valence-electron chi connectivity index (χ2n) is 6.35. The molecule has 0 heterocycles. The van der Waals surface area contributed by atoms with Crippen LogP contribution in [0.3, 0.4) is 0 Å². The number of aryl methyl sites for hydroxylation is 2. The lowest BCUT2D eigenvalue weighted by molar-refractivity contribution is 0.218. The molecule has 1 atom stereocenters. The standard InChI is InChI=1S/C19H32NO/c1-3-4-5-6-7-8-9-17-10-12-18(13-11-17)14-15-19(2,20)16-21/h10-13,21H,2-9,14-16,20H2,1H3. The molecule has 0 amide bonds. The lowest BCUT2D eigenvalue weighted by atomic mass is 9.94. The van der Waals surface area contributed by atoms with Gasteiger partial charge in [-0.05, 0) is 43.7 Å². The Kier molecular flexibility index (Phi) is 8.63. The van der Waals surface area contributed by atoms with Gasteiger partial charge in [0, 0.05) is 5.54 Å². The molecule has 0 aliphatic heterocycles. The van der Waals surface area contributed by atoms with Gasteiger partial charge >= 0.3 is 0 Å². The predicted molar refractivity (Wildman–Crippen MR) is 91.2 cm³/mol. The molecule has 0 spiro atoms. The first-order chi connectivity index (χ1) is 10.1. The van der Waals surface area contributed by atoms with Gasteiger partial charge in [0.05, 0.1) is 6.61 Å². The molecule has 0 aliphatic carbocycles. The second kappa shape index (κ2) is 9.97. The maximum Gasteiger partial charge on any atom is 0.0611 e. The summed E-state index contributed by atoms with van der Waals surface area (Å²) in [7, 11) is 0. The van der Waals surface area contributed by atoms with Crippen LogP contribution in [0.4, 0.5) is 0 Å². The van der Waals surface area contributed by atoms with E-state index in [0.29, 0.717) is 6.42 Å². The van der Waals surface area contributed by atoms with Gasteiger partial charge in [-0.2, -0.15) is 0 Å². The zero-order valence-corrected chi connectivity index (χ0v) is 13.6. The van der Waals surface area contributed by atoms with Crippen LogP contribution in [0.5, 0.6) is 0 Å². The Balaban J connectivity index is 2.24. The molecule has 1 aromatic carbocycles. The lowest BCUT2D eigenvalue weighted by Crippen LogP contribution is -2.40. The number of aliphatic hydroxyl groups excluding tert-OH is 1. The Bertz CT molecular complexity index is 370. The van der Waals surface area contributed by atoms with Crippen LogP contribution in [0.15, 0.2) is 24.3 Å². The van der Waals surface area contributed by atoms with Crippen molar-refractivity contribution in [2.24, 2.45) is 5.73 Å². The van der Waals surface area contributed by atoms with Crippen molar-refractivity contribution in [3.8, 4) is 0 Å². The molecule has 0 aliphatic rings. The Morgan fingerprint density at radius 2 is 1.48 bits per heavy atom. The molecule has 2 heteroatoms. The van der Waals surface area contributed by atoms with Crippen LogP contribution >= 0.6 is 0 Å². The minimum atomic E-state index is -0.711. The summed E-state index contributed by atoms with van der Waals surface area (Å²) in [6, 6.07) is 8.81. The quantitative estimate of drug-likeness (QED) is 0.604. The van der Waals surface area contributed by atoms with Crippen molar-refractivity contribution in [1.82, 2.24) is 0 Å². The monoisotopic (exact) mass is 290 g/mol. The first-order valence-electron chi connectivity index (χ1n) is 8.40. The number of nitrogens with two attached hydrogens (primary N) is 1. The van der Waals surface area contributed by atoms with Crippen molar-refractivity contribution in [2.75, 3.05) is 6.61 Å². The Morgan fingerprint density at radius 1 is 0.952 bits per heavy atom. The summed E-state index contributed by atoms with van der Waals surface area (Å²) >= 11 is 0. The summed E-state index contributed by atoms with van der Waals surface area (Å²) in [5.41, 5.74) is 7.83. The fourth-order valence-corrected chi connectivity index (χ4v) is 2.45. The first kappa shape index (κ1) is 18.2. The fraction of sp³-hybridized carbons (Fsp3) is 0.632. The smallest absolute Gasteiger partial charge is 0.0611 e. The van der Waals surface area contributed by atoms with E-state index < -0.39 is 5.54 Å². The van der Waals surface area contributed by atoms with Crippen LogP contribution in [0, 0.1) is 6.92 Å². The molecule has 119 valence electrons. The van der Waals surface area contributed by atoms with E-state index in [1.54, 1.807) is 0 Å². The fourth-order valence-electron chi connectivity index (χ4n) is 2.45. The largest absolute Gasteiger partial charge is 0.394 e. The Hall–Kier alpha value is -0.860. The number of hydrogen-bond acceptors (Lipinski definition) is 2. The summed E-state index contributed by atoms with van der Waals surface area (Å²) < 4.78 is 0. The first-order valence-corrected chi connectivity index (χ1v) is 8.40. The van der Waals surface area contributed by atoms with E-state index in [9.17, 15) is 0 Å². The minimum Gasteiger partial charge on any atom is -0.394 e. The molecule has 0 bridgehead atoms. The average molecular weight is 290 g/mol. The number of unbranched alkanes of at least 4 members (excludes halogenated alkanes) is 5. The van der Waals surface area contributed by atoms with Crippen LogP contribution < -0.4 is 5.73 Å². The van der Waals surface area contributed by atoms with E-state index in [4.69, 9.17) is 10.8 Å². The van der Waals surface area contributed by atoms with Gasteiger partial charge in [-0.25, -0.2) is 0 Å². The number of aliphatic hydroxyl groups is 1. The molecule has 0 saturated carbocycles. The average Bonchev–Trinajstić information content (AvgIpc) is 2.50. The molecule has 3 N–H and O–H groups in total. The van der Waals surface area contributed by atoms with Gasteiger partial charge in [-0.1, -0.05) is 63.3 Å². The summed E-state index contributed by atoms with van der Waals surface area (Å²) in [5.74, 6) is 0. The Labute approximate surface area is 130 Å². The van der Waals surface area contributed by atoms with Gasteiger partial charge in [0.1, 0.15) is 0 Å². The van der Waals surface area contributed by atoms with Gasteiger partial charge in [-0.3, -0.25) is 0 Å². The van der Waals surface area contributed by atoms with Gasteiger partial charge in [0.15, 0.2) is 0 Å². The highest BCUT2D eigenvalue weighted by molar-refractivity contribution is 5.23. The summed E-state index contributed by atoms with van der Waals surface area (Å²) in [5, 5.41) is 9.10. The van der Waals surface area contributed by atoms with Crippen LogP contribution in [-0.4, -0.2) is 17.3 Å². The molecule has 2 nitrogen and oxygen atoms in total. The van der Waals surface area contributed by atoms with Gasteiger partial charge in [0.25, 0.3) is 0 Å². The van der Waals surface area contributed by atoms with E-state index in [-0.39, 0.29) is 6.61 Å². The zero-order chi connectivity index (χ0) is 15.6. The highest BCUT2D eigenvalue weighted by Crippen LogP contribution is 2.14. The maximum atomic E-state index is 9.10. The van der Waals surface area contributed by atoms with Gasteiger partial charge in [-0.15, -0.1) is 0 Å². The van der Waals surface area contributed by atoms with Gasteiger partial charge in [0.2, 0.25) is 0 Å². The third-order valence-electron chi connectivity index (χ3n) is 4.07. The van der Waals surface area contributed by atoms with Crippen LogP contribution in [-0.2, 0) is 12.8 Å². The van der Waals surface area contributed by atoms with Crippen molar-refractivity contribution < 1.29 is 5.11 Å². The molecule has 1 aromatic rings. The number of rotatable bonds is 11. The summed E-state index contributed by atoms with van der Waals surface area (Å²) in [6.45, 7) is 6.01. The highest BCUT2D eigenvalue weighted by atomic mass is 16.3. The molecule has 0 aromatic heterocycles. The molecule has 21 heavy (non-hydrogen) atoms. The summed E-state index contributed by atoms with van der Waals surface area (Å²) in [4.78, 5) is 0. The minimum absolute atomic E-state index is 0.0664. The second-order valence-corrected chi connectivity index (χ2v) is 6.35. The Morgan fingerprint density at radius 3 is 2.05 bits per heavy atom. The van der Waals surface area contributed by atoms with Crippen LogP contribution in [0.1, 0.15) is 63.0 Å². The number of benzene rings is 1. The van der Waals surface area contributed by atoms with Crippen molar-refractivity contribution in [3.63, 3.8) is 0 Å². The van der Waals surface area contributed by atoms with E-state index in [0.717, 1.165) is 6.42 Å². The van der Waals surface area contributed by atoms with Gasteiger partial charge < -0.3 is 10.8 Å². The molecule has 0 saturated heterocycles. The molecular formula is C19H32NO. The van der Waals surface area contributed by atoms with E-state index in [1.807, 2.05) is 0 Å². The summed E-state index contributed by atoms with van der Waals surface area (Å²) in [6.07, 6.45) is 10.8. The van der Waals surface area contributed by atoms with Crippen molar-refractivity contribution in [3.05, 3.63) is 42.3 Å². The third kappa shape index (κ3) is 8.23. The zero-order valence-electron chi connectivity index (χ0n) is 13.6.